The van der Waals surface area contributed by atoms with Gasteiger partial charge >= 0.3 is 5.97 Å². The second kappa shape index (κ2) is 5.05. The summed E-state index contributed by atoms with van der Waals surface area (Å²) in [5, 5.41) is 0.143. The van der Waals surface area contributed by atoms with Crippen LogP contribution in [0.2, 0.25) is 0 Å². The number of rotatable bonds is 2. The Balaban J connectivity index is 2.71. The van der Waals surface area contributed by atoms with Gasteiger partial charge in [-0.05, 0) is 41.6 Å². The van der Waals surface area contributed by atoms with E-state index in [0.29, 0.717) is 9.09 Å². The summed E-state index contributed by atoms with van der Waals surface area (Å²) in [7, 11) is 0. The summed E-state index contributed by atoms with van der Waals surface area (Å²) in [6.45, 7) is 1.83. The molecular formula is C12H9FINO3. The minimum atomic E-state index is -0.708. The van der Waals surface area contributed by atoms with Crippen molar-refractivity contribution >= 4 is 39.5 Å². The summed E-state index contributed by atoms with van der Waals surface area (Å²) >= 11 is 1.92. The molecule has 0 spiro atoms. The van der Waals surface area contributed by atoms with Gasteiger partial charge in [0.25, 0.3) is 0 Å². The van der Waals surface area contributed by atoms with Crippen LogP contribution in [0.5, 0.6) is 0 Å². The summed E-state index contributed by atoms with van der Waals surface area (Å²) < 4.78 is 18.6. The first kappa shape index (κ1) is 13.0. The third-order valence-electron chi connectivity index (χ3n) is 2.40. The highest BCUT2D eigenvalue weighted by atomic mass is 127. The van der Waals surface area contributed by atoms with E-state index in [0.717, 1.165) is 6.07 Å². The molecular weight excluding hydrogens is 352 g/mol. The van der Waals surface area contributed by atoms with Crippen LogP contribution >= 0.6 is 22.6 Å². The summed E-state index contributed by atoms with van der Waals surface area (Å²) in [6.07, 6.45) is 1.29. The van der Waals surface area contributed by atoms with Crippen molar-refractivity contribution in [3.8, 4) is 0 Å². The second-order valence-electron chi connectivity index (χ2n) is 3.56. The third-order valence-corrected chi connectivity index (χ3v) is 3.25. The fourth-order valence-corrected chi connectivity index (χ4v) is 2.36. The van der Waals surface area contributed by atoms with Crippen LogP contribution in [0, 0.1) is 9.39 Å². The Morgan fingerprint density at radius 2 is 2.22 bits per heavy atom. The number of hydrogen-bond acceptors (Lipinski definition) is 3. The highest BCUT2D eigenvalue weighted by molar-refractivity contribution is 14.1. The molecule has 94 valence electrons. The number of fused-ring (bicyclic) bond motifs is 1. The Bertz CT molecular complexity index is 681. The van der Waals surface area contributed by atoms with Crippen LogP contribution in [-0.4, -0.2) is 17.6 Å². The van der Waals surface area contributed by atoms with Gasteiger partial charge in [-0.3, -0.25) is 4.79 Å². The van der Waals surface area contributed by atoms with E-state index in [1.807, 2.05) is 22.6 Å². The molecule has 0 fully saturated rings. The van der Waals surface area contributed by atoms with Gasteiger partial charge in [0.05, 0.1) is 17.5 Å². The number of esters is 1. The lowest BCUT2D eigenvalue weighted by Gasteiger charge is -2.04. The molecule has 6 heteroatoms. The molecule has 0 amide bonds. The number of benzene rings is 1. The van der Waals surface area contributed by atoms with E-state index >= 15 is 0 Å². The predicted molar refractivity (Wildman–Crippen MR) is 73.2 cm³/mol. The van der Waals surface area contributed by atoms with Crippen LogP contribution in [0.3, 0.4) is 0 Å². The normalized spacial score (nSPS) is 10.6. The van der Waals surface area contributed by atoms with Crippen molar-refractivity contribution in [2.75, 3.05) is 6.61 Å². The number of carbonyl (C=O) groups excluding carboxylic acids is 1. The van der Waals surface area contributed by atoms with Crippen molar-refractivity contribution in [1.82, 2.24) is 4.98 Å². The van der Waals surface area contributed by atoms with E-state index in [-0.39, 0.29) is 17.6 Å². The topological polar surface area (TPSA) is 59.2 Å². The zero-order chi connectivity index (χ0) is 13.3. The largest absolute Gasteiger partial charge is 0.462 e. The monoisotopic (exact) mass is 361 g/mol. The molecule has 1 N–H and O–H groups in total. The number of hydrogen-bond donors (Lipinski definition) is 1. The lowest BCUT2D eigenvalue weighted by Crippen LogP contribution is -2.18. The number of pyridine rings is 1. The maximum absolute atomic E-state index is 13.3. The van der Waals surface area contributed by atoms with E-state index in [4.69, 9.17) is 4.74 Å². The molecule has 1 aromatic heterocycles. The number of H-pyrrole nitrogens is 1. The minimum Gasteiger partial charge on any atom is -0.462 e. The van der Waals surface area contributed by atoms with Gasteiger partial charge in [-0.25, -0.2) is 9.18 Å². The summed E-state index contributed by atoms with van der Waals surface area (Å²) in [6, 6.07) is 2.42. The Labute approximate surface area is 115 Å². The summed E-state index contributed by atoms with van der Waals surface area (Å²) in [5.74, 6) is -1.22. The van der Waals surface area contributed by atoms with Crippen LogP contribution in [0.25, 0.3) is 10.9 Å². The number of halogens is 2. The van der Waals surface area contributed by atoms with Crippen LogP contribution in [0.15, 0.2) is 23.1 Å². The quantitative estimate of drug-likeness (QED) is 0.661. The molecule has 1 heterocycles. The molecule has 0 saturated carbocycles. The molecule has 0 aliphatic heterocycles. The maximum atomic E-state index is 13.3. The van der Waals surface area contributed by atoms with Crippen molar-refractivity contribution in [1.29, 1.82) is 0 Å². The van der Waals surface area contributed by atoms with E-state index < -0.39 is 17.2 Å². The average Bonchev–Trinajstić information content (AvgIpc) is 2.30. The number of ether oxygens (including phenoxy) is 1. The smallest absolute Gasteiger partial charge is 0.343 e. The molecule has 2 aromatic rings. The molecule has 0 saturated heterocycles. The molecule has 4 nitrogen and oxygen atoms in total. The number of aromatic amines is 1. The minimum absolute atomic E-state index is 0.120. The van der Waals surface area contributed by atoms with Crippen LogP contribution < -0.4 is 5.43 Å². The second-order valence-corrected chi connectivity index (χ2v) is 4.72. The molecule has 2 rings (SSSR count). The average molecular weight is 361 g/mol. The number of aromatic nitrogens is 1. The van der Waals surface area contributed by atoms with Crippen molar-refractivity contribution in [3.63, 3.8) is 0 Å². The molecule has 0 radical (unpaired) electrons. The van der Waals surface area contributed by atoms with E-state index in [1.54, 1.807) is 6.92 Å². The van der Waals surface area contributed by atoms with Crippen molar-refractivity contribution < 1.29 is 13.9 Å². The standard InChI is InChI=1S/C12H9FINO3/c1-2-18-12(17)8-5-15-10-7(11(8)16)3-6(13)4-9(10)14/h3-5H,2H2,1H3,(H,15,16). The number of nitrogens with one attached hydrogen (secondary N) is 1. The van der Waals surface area contributed by atoms with Crippen LogP contribution in [0.1, 0.15) is 17.3 Å². The van der Waals surface area contributed by atoms with Crippen molar-refractivity contribution in [2.45, 2.75) is 6.92 Å². The van der Waals surface area contributed by atoms with Crippen molar-refractivity contribution in [2.24, 2.45) is 0 Å². The first-order chi connectivity index (χ1) is 8.54. The van der Waals surface area contributed by atoms with Gasteiger partial charge in [0.15, 0.2) is 0 Å². The fourth-order valence-electron chi connectivity index (χ4n) is 1.61. The van der Waals surface area contributed by atoms with Gasteiger partial charge in [-0.2, -0.15) is 0 Å². The Morgan fingerprint density at radius 1 is 1.50 bits per heavy atom. The maximum Gasteiger partial charge on any atom is 0.343 e. The van der Waals surface area contributed by atoms with E-state index in [1.165, 1.54) is 12.3 Å². The molecule has 0 unspecified atom stereocenters. The number of carbonyl (C=O) groups is 1. The van der Waals surface area contributed by atoms with Crippen LogP contribution in [0.4, 0.5) is 4.39 Å². The predicted octanol–water partition coefficient (Wildman–Crippen LogP) is 2.45. The van der Waals surface area contributed by atoms with E-state index in [9.17, 15) is 14.0 Å². The lowest BCUT2D eigenvalue weighted by atomic mass is 10.1. The first-order valence-electron chi connectivity index (χ1n) is 5.22. The van der Waals surface area contributed by atoms with Gasteiger partial charge in [-0.1, -0.05) is 0 Å². The third kappa shape index (κ3) is 2.24. The summed E-state index contributed by atoms with van der Waals surface area (Å²) in [4.78, 5) is 26.4. The first-order valence-corrected chi connectivity index (χ1v) is 6.30. The van der Waals surface area contributed by atoms with Gasteiger partial charge in [0, 0.05) is 9.77 Å². The molecule has 0 aliphatic carbocycles. The van der Waals surface area contributed by atoms with Gasteiger partial charge in [-0.15, -0.1) is 0 Å². The zero-order valence-electron chi connectivity index (χ0n) is 9.42. The Hall–Kier alpha value is -1.44. The molecule has 18 heavy (non-hydrogen) atoms. The Kier molecular flexibility index (Phi) is 3.65. The fraction of sp³-hybridized carbons (Fsp3) is 0.167. The molecule has 1 aromatic carbocycles. The SMILES string of the molecule is CCOC(=O)c1c[nH]c2c(I)cc(F)cc2c1=O. The van der Waals surface area contributed by atoms with E-state index in [2.05, 4.69) is 4.98 Å². The lowest BCUT2D eigenvalue weighted by molar-refractivity contribution is 0.0524. The zero-order valence-corrected chi connectivity index (χ0v) is 11.6. The summed E-state index contributed by atoms with van der Waals surface area (Å²) in [5.41, 5.74) is -0.139. The van der Waals surface area contributed by atoms with Gasteiger partial charge < -0.3 is 9.72 Å². The van der Waals surface area contributed by atoms with Gasteiger partial charge in [0.1, 0.15) is 11.4 Å². The van der Waals surface area contributed by atoms with Crippen LogP contribution in [-0.2, 0) is 4.74 Å². The highest BCUT2D eigenvalue weighted by Crippen LogP contribution is 2.18. The van der Waals surface area contributed by atoms with Gasteiger partial charge in [0.2, 0.25) is 5.43 Å². The molecule has 0 aliphatic rings. The van der Waals surface area contributed by atoms with Crippen molar-refractivity contribution in [3.05, 3.63) is 43.5 Å². The molecule has 0 atom stereocenters. The Morgan fingerprint density at radius 3 is 2.89 bits per heavy atom. The highest BCUT2D eigenvalue weighted by Gasteiger charge is 2.15. The molecule has 0 bridgehead atoms.